The third-order valence-corrected chi connectivity index (χ3v) is 2.88. The highest BCUT2D eigenvalue weighted by molar-refractivity contribution is 4.78. The van der Waals surface area contributed by atoms with E-state index in [1.165, 1.54) is 19.3 Å². The molecule has 0 aliphatic heterocycles. The van der Waals surface area contributed by atoms with E-state index in [-0.39, 0.29) is 5.92 Å². The zero-order chi connectivity index (χ0) is 9.14. The molecule has 2 heteroatoms. The van der Waals surface area contributed by atoms with Crippen LogP contribution in [0.15, 0.2) is 0 Å². The SMILES string of the molecule is CC(C)C(O)C(O)CC1CCC1. The van der Waals surface area contributed by atoms with Crippen molar-refractivity contribution in [2.24, 2.45) is 11.8 Å². The lowest BCUT2D eigenvalue weighted by Gasteiger charge is -2.30. The molecule has 0 saturated heterocycles. The predicted octanol–water partition coefficient (Wildman–Crippen LogP) is 1.55. The predicted molar refractivity (Wildman–Crippen MR) is 48.8 cm³/mol. The minimum absolute atomic E-state index is 0.167. The van der Waals surface area contributed by atoms with Gasteiger partial charge in [0.1, 0.15) is 0 Å². The Hall–Kier alpha value is -0.0800. The van der Waals surface area contributed by atoms with Gasteiger partial charge in [-0.05, 0) is 18.3 Å². The minimum Gasteiger partial charge on any atom is -0.390 e. The van der Waals surface area contributed by atoms with Crippen molar-refractivity contribution in [3.8, 4) is 0 Å². The van der Waals surface area contributed by atoms with E-state index in [1.807, 2.05) is 13.8 Å². The van der Waals surface area contributed by atoms with E-state index < -0.39 is 12.2 Å². The van der Waals surface area contributed by atoms with Crippen LogP contribution in [-0.4, -0.2) is 22.4 Å². The van der Waals surface area contributed by atoms with E-state index in [4.69, 9.17) is 0 Å². The first-order valence-electron chi connectivity index (χ1n) is 4.97. The lowest BCUT2D eigenvalue weighted by Crippen LogP contribution is -2.33. The summed E-state index contributed by atoms with van der Waals surface area (Å²) in [5, 5.41) is 19.1. The Morgan fingerprint density at radius 3 is 2.17 bits per heavy atom. The Labute approximate surface area is 74.6 Å². The maximum absolute atomic E-state index is 9.57. The molecule has 2 atom stereocenters. The van der Waals surface area contributed by atoms with Crippen LogP contribution in [0.5, 0.6) is 0 Å². The van der Waals surface area contributed by atoms with E-state index >= 15 is 0 Å². The van der Waals surface area contributed by atoms with Crippen LogP contribution in [0, 0.1) is 11.8 Å². The van der Waals surface area contributed by atoms with Crippen LogP contribution in [0.25, 0.3) is 0 Å². The molecule has 1 saturated carbocycles. The van der Waals surface area contributed by atoms with Crippen LogP contribution in [0.3, 0.4) is 0 Å². The molecule has 0 aromatic heterocycles. The largest absolute Gasteiger partial charge is 0.390 e. The first-order chi connectivity index (χ1) is 5.61. The number of hydrogen-bond donors (Lipinski definition) is 2. The van der Waals surface area contributed by atoms with Crippen LogP contribution >= 0.6 is 0 Å². The van der Waals surface area contributed by atoms with Gasteiger partial charge in [-0.15, -0.1) is 0 Å². The van der Waals surface area contributed by atoms with E-state index in [9.17, 15) is 10.2 Å². The average molecular weight is 172 g/mol. The zero-order valence-electron chi connectivity index (χ0n) is 8.03. The van der Waals surface area contributed by atoms with Gasteiger partial charge in [-0.3, -0.25) is 0 Å². The Bertz CT molecular complexity index is 130. The molecule has 12 heavy (non-hydrogen) atoms. The Balaban J connectivity index is 2.21. The standard InChI is InChI=1S/C10H20O2/c1-7(2)10(12)9(11)6-8-4-3-5-8/h7-12H,3-6H2,1-2H3. The fraction of sp³-hybridized carbons (Fsp3) is 1.00. The molecule has 0 radical (unpaired) electrons. The molecule has 2 nitrogen and oxygen atoms in total. The minimum atomic E-state index is -0.536. The smallest absolute Gasteiger partial charge is 0.0822 e. The second-order valence-electron chi connectivity index (χ2n) is 4.33. The van der Waals surface area contributed by atoms with Gasteiger partial charge in [-0.2, -0.15) is 0 Å². The van der Waals surface area contributed by atoms with Crippen LogP contribution < -0.4 is 0 Å². The molecule has 0 aromatic carbocycles. The Morgan fingerprint density at radius 2 is 1.83 bits per heavy atom. The van der Waals surface area contributed by atoms with Gasteiger partial charge in [0.05, 0.1) is 12.2 Å². The average Bonchev–Trinajstić information content (AvgIpc) is 1.94. The first kappa shape index (κ1) is 10.0. The molecular weight excluding hydrogens is 152 g/mol. The van der Waals surface area contributed by atoms with Crippen molar-refractivity contribution in [1.82, 2.24) is 0 Å². The maximum atomic E-state index is 9.57. The van der Waals surface area contributed by atoms with Crippen molar-refractivity contribution in [2.45, 2.75) is 51.7 Å². The quantitative estimate of drug-likeness (QED) is 0.675. The first-order valence-corrected chi connectivity index (χ1v) is 4.97. The Kier molecular flexibility index (Phi) is 3.53. The monoisotopic (exact) mass is 172 g/mol. The highest BCUT2D eigenvalue weighted by Gasteiger charge is 2.26. The number of rotatable bonds is 4. The van der Waals surface area contributed by atoms with E-state index in [0.29, 0.717) is 5.92 Å². The molecule has 0 aromatic rings. The van der Waals surface area contributed by atoms with Crippen molar-refractivity contribution in [2.75, 3.05) is 0 Å². The summed E-state index contributed by atoms with van der Waals surface area (Å²) in [7, 11) is 0. The van der Waals surface area contributed by atoms with Gasteiger partial charge in [0.25, 0.3) is 0 Å². The second kappa shape index (κ2) is 4.24. The highest BCUT2D eigenvalue weighted by Crippen LogP contribution is 2.31. The van der Waals surface area contributed by atoms with Crippen LogP contribution in [0.2, 0.25) is 0 Å². The molecule has 2 N–H and O–H groups in total. The zero-order valence-corrected chi connectivity index (χ0v) is 8.03. The summed E-state index contributed by atoms with van der Waals surface area (Å²) in [6.07, 6.45) is 3.53. The summed E-state index contributed by atoms with van der Waals surface area (Å²) in [6.45, 7) is 3.88. The number of aliphatic hydroxyl groups is 2. The summed E-state index contributed by atoms with van der Waals surface area (Å²) in [6, 6.07) is 0. The summed E-state index contributed by atoms with van der Waals surface area (Å²) in [5.41, 5.74) is 0. The topological polar surface area (TPSA) is 40.5 Å². The van der Waals surface area contributed by atoms with Gasteiger partial charge >= 0.3 is 0 Å². The lowest BCUT2D eigenvalue weighted by molar-refractivity contribution is -0.0262. The summed E-state index contributed by atoms with van der Waals surface area (Å²) >= 11 is 0. The molecule has 1 aliphatic rings. The number of aliphatic hydroxyl groups excluding tert-OH is 2. The van der Waals surface area contributed by atoms with Gasteiger partial charge in [0.15, 0.2) is 0 Å². The van der Waals surface area contributed by atoms with Crippen LogP contribution in [-0.2, 0) is 0 Å². The highest BCUT2D eigenvalue weighted by atomic mass is 16.3. The second-order valence-corrected chi connectivity index (χ2v) is 4.33. The molecule has 2 unspecified atom stereocenters. The lowest BCUT2D eigenvalue weighted by atomic mass is 9.80. The molecule has 0 heterocycles. The Morgan fingerprint density at radius 1 is 1.25 bits per heavy atom. The van der Waals surface area contributed by atoms with Crippen molar-refractivity contribution in [3.05, 3.63) is 0 Å². The summed E-state index contributed by atoms with van der Waals surface area (Å²) in [4.78, 5) is 0. The molecule has 72 valence electrons. The molecule has 0 spiro atoms. The van der Waals surface area contributed by atoms with Gasteiger partial charge in [0.2, 0.25) is 0 Å². The summed E-state index contributed by atoms with van der Waals surface area (Å²) in [5.74, 6) is 0.841. The van der Waals surface area contributed by atoms with Crippen molar-refractivity contribution < 1.29 is 10.2 Å². The normalized spacial score (nSPS) is 23.8. The fourth-order valence-electron chi connectivity index (χ4n) is 1.65. The van der Waals surface area contributed by atoms with E-state index in [0.717, 1.165) is 6.42 Å². The number of hydrogen-bond acceptors (Lipinski definition) is 2. The van der Waals surface area contributed by atoms with Gasteiger partial charge in [-0.1, -0.05) is 33.1 Å². The third kappa shape index (κ3) is 2.46. The molecule has 1 aliphatic carbocycles. The summed E-state index contributed by atoms with van der Waals surface area (Å²) < 4.78 is 0. The van der Waals surface area contributed by atoms with Crippen molar-refractivity contribution >= 4 is 0 Å². The molecule has 1 fully saturated rings. The molecule has 1 rings (SSSR count). The molecule has 0 amide bonds. The fourth-order valence-corrected chi connectivity index (χ4v) is 1.65. The molecular formula is C10H20O2. The van der Waals surface area contributed by atoms with E-state index in [1.54, 1.807) is 0 Å². The van der Waals surface area contributed by atoms with Crippen molar-refractivity contribution in [3.63, 3.8) is 0 Å². The van der Waals surface area contributed by atoms with Crippen LogP contribution in [0.4, 0.5) is 0 Å². The maximum Gasteiger partial charge on any atom is 0.0822 e. The third-order valence-electron chi connectivity index (χ3n) is 2.88. The molecule has 0 bridgehead atoms. The van der Waals surface area contributed by atoms with E-state index in [2.05, 4.69) is 0 Å². The van der Waals surface area contributed by atoms with Gasteiger partial charge in [0, 0.05) is 0 Å². The van der Waals surface area contributed by atoms with Crippen molar-refractivity contribution in [1.29, 1.82) is 0 Å². The van der Waals surface area contributed by atoms with Crippen LogP contribution in [0.1, 0.15) is 39.5 Å². The van der Waals surface area contributed by atoms with Gasteiger partial charge in [-0.25, -0.2) is 0 Å². The van der Waals surface area contributed by atoms with Gasteiger partial charge < -0.3 is 10.2 Å².